The number of aryl methyl sites for hydroxylation is 1. The van der Waals surface area contributed by atoms with Crippen LogP contribution in [0.2, 0.25) is 0 Å². The number of rotatable bonds is 11. The number of hydrogen-bond acceptors (Lipinski definition) is 4. The van der Waals surface area contributed by atoms with Gasteiger partial charge in [0.05, 0.1) is 11.9 Å². The van der Waals surface area contributed by atoms with Crippen molar-refractivity contribution < 1.29 is 18.0 Å². The summed E-state index contributed by atoms with van der Waals surface area (Å²) >= 11 is 0. The minimum atomic E-state index is -3.49. The van der Waals surface area contributed by atoms with E-state index in [1.54, 1.807) is 19.1 Å². The van der Waals surface area contributed by atoms with E-state index < -0.39 is 16.1 Å². The van der Waals surface area contributed by atoms with E-state index in [9.17, 15) is 18.0 Å². The second-order valence-electron chi connectivity index (χ2n) is 7.76. The van der Waals surface area contributed by atoms with Gasteiger partial charge in [0.2, 0.25) is 21.8 Å². The molecule has 0 fully saturated rings. The number of nitrogens with one attached hydrogen (secondary N) is 1. The number of carbonyl (C=O) groups is 2. The first kappa shape index (κ1) is 25.4. The number of benzene rings is 2. The van der Waals surface area contributed by atoms with Gasteiger partial charge in [-0.1, -0.05) is 49.4 Å². The van der Waals surface area contributed by atoms with Crippen molar-refractivity contribution in [3.8, 4) is 0 Å². The van der Waals surface area contributed by atoms with Gasteiger partial charge in [0.1, 0.15) is 6.04 Å². The van der Waals surface area contributed by atoms with Gasteiger partial charge >= 0.3 is 0 Å². The number of sulfonamides is 1. The molecule has 0 radical (unpaired) electrons. The van der Waals surface area contributed by atoms with Gasteiger partial charge in [0.25, 0.3) is 0 Å². The van der Waals surface area contributed by atoms with Crippen LogP contribution in [0.15, 0.2) is 54.6 Å². The number of amides is 2. The Balaban J connectivity index is 2.11. The van der Waals surface area contributed by atoms with E-state index in [0.29, 0.717) is 18.7 Å². The van der Waals surface area contributed by atoms with E-state index in [2.05, 4.69) is 5.32 Å². The lowest BCUT2D eigenvalue weighted by atomic mass is 10.1. The van der Waals surface area contributed by atoms with E-state index in [0.717, 1.165) is 23.8 Å². The fourth-order valence-corrected chi connectivity index (χ4v) is 4.44. The maximum absolute atomic E-state index is 13.0. The molecule has 1 N–H and O–H groups in total. The highest BCUT2D eigenvalue weighted by molar-refractivity contribution is 7.92. The van der Waals surface area contributed by atoms with Crippen molar-refractivity contribution in [1.29, 1.82) is 0 Å². The third-order valence-corrected chi connectivity index (χ3v) is 6.59. The predicted octanol–water partition coefficient (Wildman–Crippen LogP) is 2.96. The summed E-state index contributed by atoms with van der Waals surface area (Å²) in [4.78, 5) is 26.8. The molecule has 0 aliphatic carbocycles. The summed E-state index contributed by atoms with van der Waals surface area (Å²) < 4.78 is 26.0. The van der Waals surface area contributed by atoms with Gasteiger partial charge in [-0.15, -0.1) is 0 Å². The van der Waals surface area contributed by atoms with Gasteiger partial charge in [-0.25, -0.2) is 8.42 Å². The molecule has 7 nitrogen and oxygen atoms in total. The molecule has 0 spiro atoms. The molecule has 8 heteroatoms. The average molecular weight is 460 g/mol. The molecule has 0 heterocycles. The normalized spacial score (nSPS) is 12.1. The van der Waals surface area contributed by atoms with Crippen LogP contribution in [-0.4, -0.2) is 51.0 Å². The van der Waals surface area contributed by atoms with Gasteiger partial charge < -0.3 is 10.2 Å². The SMILES string of the molecule is CCc1ccc(N(CCCC(=O)N(Cc2ccccc2)C(C)C(=O)NC)S(C)(=O)=O)cc1. The smallest absolute Gasteiger partial charge is 0.242 e. The molecule has 0 aliphatic heterocycles. The molecule has 0 aliphatic rings. The van der Waals surface area contributed by atoms with Crippen molar-refractivity contribution in [3.63, 3.8) is 0 Å². The molecule has 2 aromatic carbocycles. The number of anilines is 1. The Morgan fingerprint density at radius 2 is 1.62 bits per heavy atom. The lowest BCUT2D eigenvalue weighted by Crippen LogP contribution is -2.46. The van der Waals surface area contributed by atoms with Crippen LogP contribution in [0.25, 0.3) is 0 Å². The van der Waals surface area contributed by atoms with E-state index in [4.69, 9.17) is 0 Å². The Hall–Kier alpha value is -2.87. The molecule has 2 amide bonds. The Kier molecular flexibility index (Phi) is 9.26. The highest BCUT2D eigenvalue weighted by atomic mass is 32.2. The Morgan fingerprint density at radius 1 is 1.00 bits per heavy atom. The van der Waals surface area contributed by atoms with Crippen LogP contribution in [-0.2, 0) is 32.6 Å². The summed E-state index contributed by atoms with van der Waals surface area (Å²) in [6.45, 7) is 4.22. The zero-order valence-corrected chi connectivity index (χ0v) is 20.1. The Bertz CT molecular complexity index is 992. The van der Waals surface area contributed by atoms with Crippen molar-refractivity contribution in [2.24, 2.45) is 0 Å². The maximum atomic E-state index is 13.0. The topological polar surface area (TPSA) is 86.8 Å². The predicted molar refractivity (Wildman–Crippen MR) is 128 cm³/mol. The number of nitrogens with zero attached hydrogens (tertiary/aromatic N) is 2. The fourth-order valence-electron chi connectivity index (χ4n) is 3.47. The average Bonchev–Trinajstić information content (AvgIpc) is 2.79. The summed E-state index contributed by atoms with van der Waals surface area (Å²) in [5.41, 5.74) is 2.62. The molecule has 0 bridgehead atoms. The third-order valence-electron chi connectivity index (χ3n) is 5.39. The highest BCUT2D eigenvalue weighted by Crippen LogP contribution is 2.20. The van der Waals surface area contributed by atoms with Gasteiger partial charge in [-0.2, -0.15) is 0 Å². The van der Waals surface area contributed by atoms with Crippen molar-refractivity contribution in [2.75, 3.05) is 24.2 Å². The molecular weight excluding hydrogens is 426 g/mol. The van der Waals surface area contributed by atoms with Gasteiger partial charge in [0.15, 0.2) is 0 Å². The minimum absolute atomic E-state index is 0.132. The van der Waals surface area contributed by atoms with Crippen LogP contribution in [0.4, 0.5) is 5.69 Å². The van der Waals surface area contributed by atoms with Crippen LogP contribution in [0.3, 0.4) is 0 Å². The molecule has 0 aromatic heterocycles. The molecule has 2 aromatic rings. The van der Waals surface area contributed by atoms with Crippen LogP contribution >= 0.6 is 0 Å². The van der Waals surface area contributed by atoms with Crippen molar-refractivity contribution in [2.45, 2.75) is 45.7 Å². The minimum Gasteiger partial charge on any atom is -0.357 e. The number of likely N-dealkylation sites (N-methyl/N-ethyl adjacent to an activating group) is 1. The second kappa shape index (κ2) is 11.7. The van der Waals surface area contributed by atoms with Crippen LogP contribution in [0.5, 0.6) is 0 Å². The maximum Gasteiger partial charge on any atom is 0.242 e. The molecular formula is C24H33N3O4S. The molecule has 1 atom stereocenters. The largest absolute Gasteiger partial charge is 0.357 e. The van der Waals surface area contributed by atoms with Crippen LogP contribution in [0, 0.1) is 0 Å². The van der Waals surface area contributed by atoms with Crippen molar-refractivity contribution in [3.05, 3.63) is 65.7 Å². The van der Waals surface area contributed by atoms with Gasteiger partial charge in [-0.05, 0) is 43.0 Å². The van der Waals surface area contributed by atoms with Crippen molar-refractivity contribution in [1.82, 2.24) is 10.2 Å². The van der Waals surface area contributed by atoms with E-state index in [1.807, 2.05) is 49.4 Å². The zero-order valence-electron chi connectivity index (χ0n) is 19.2. The lowest BCUT2D eigenvalue weighted by molar-refractivity contribution is -0.140. The first-order valence-corrected chi connectivity index (χ1v) is 12.6. The van der Waals surface area contributed by atoms with Crippen molar-refractivity contribution >= 4 is 27.5 Å². The Labute approximate surface area is 191 Å². The number of carbonyl (C=O) groups excluding carboxylic acids is 2. The molecule has 0 saturated carbocycles. The molecule has 1 unspecified atom stereocenters. The fraction of sp³-hybridized carbons (Fsp3) is 0.417. The quantitative estimate of drug-likeness (QED) is 0.560. The molecule has 32 heavy (non-hydrogen) atoms. The highest BCUT2D eigenvalue weighted by Gasteiger charge is 2.26. The van der Waals surface area contributed by atoms with Gasteiger partial charge in [0, 0.05) is 26.6 Å². The monoisotopic (exact) mass is 459 g/mol. The first-order chi connectivity index (χ1) is 15.2. The van der Waals surface area contributed by atoms with E-state index >= 15 is 0 Å². The summed E-state index contributed by atoms with van der Waals surface area (Å²) in [6.07, 6.45) is 2.51. The Morgan fingerprint density at radius 3 is 2.16 bits per heavy atom. The summed E-state index contributed by atoms with van der Waals surface area (Å²) in [7, 11) is -1.95. The second-order valence-corrected chi connectivity index (χ2v) is 9.66. The zero-order chi connectivity index (χ0) is 23.7. The third kappa shape index (κ3) is 7.09. The summed E-state index contributed by atoms with van der Waals surface area (Å²) in [6, 6.07) is 16.2. The standard InChI is InChI=1S/C24H33N3O4S/c1-5-20-13-15-22(16-14-20)27(32(4,30)31)17-9-12-23(28)26(19(2)24(29)25-3)18-21-10-7-6-8-11-21/h6-8,10-11,13-16,19H,5,9,12,17-18H2,1-4H3,(H,25,29). The van der Waals surface area contributed by atoms with E-state index in [1.165, 1.54) is 16.3 Å². The molecule has 2 rings (SSSR count). The lowest BCUT2D eigenvalue weighted by Gasteiger charge is -2.29. The van der Waals surface area contributed by atoms with Crippen LogP contribution in [0.1, 0.15) is 37.8 Å². The molecule has 0 saturated heterocycles. The van der Waals surface area contributed by atoms with E-state index in [-0.39, 0.29) is 24.8 Å². The summed E-state index contributed by atoms with van der Waals surface area (Å²) in [5, 5.41) is 2.59. The van der Waals surface area contributed by atoms with Gasteiger partial charge in [-0.3, -0.25) is 13.9 Å². The first-order valence-electron chi connectivity index (χ1n) is 10.8. The summed E-state index contributed by atoms with van der Waals surface area (Å²) in [5.74, 6) is -0.442. The van der Waals surface area contributed by atoms with Crippen LogP contribution < -0.4 is 9.62 Å². The molecule has 174 valence electrons. The number of hydrogen-bond donors (Lipinski definition) is 1.